The van der Waals surface area contributed by atoms with Gasteiger partial charge in [-0.3, -0.25) is 0 Å². The molecule has 12 heteroatoms. The van der Waals surface area contributed by atoms with Crippen LogP contribution < -0.4 is 18.9 Å². The van der Waals surface area contributed by atoms with Crippen LogP contribution in [0.15, 0.2) is 30.3 Å². The third kappa shape index (κ3) is 6.03. The van der Waals surface area contributed by atoms with Crippen LogP contribution in [-0.2, 0) is 0 Å². The van der Waals surface area contributed by atoms with Crippen LogP contribution in [0.3, 0.4) is 0 Å². The second-order valence-corrected chi connectivity index (χ2v) is 16.2. The van der Waals surface area contributed by atoms with E-state index in [9.17, 15) is 30.6 Å². The van der Waals surface area contributed by atoms with Crippen LogP contribution in [0.2, 0.25) is 0 Å². The van der Waals surface area contributed by atoms with Gasteiger partial charge in [0.1, 0.15) is 30.0 Å². The van der Waals surface area contributed by atoms with Crippen molar-refractivity contribution >= 4 is 21.6 Å². The average molecular weight is 713 g/mol. The molecule has 0 amide bonds. The molecule has 2 heterocycles. The van der Waals surface area contributed by atoms with Gasteiger partial charge in [-0.1, -0.05) is 40.5 Å². The lowest BCUT2D eigenvalue weighted by molar-refractivity contribution is 0.00263. The van der Waals surface area contributed by atoms with Crippen LogP contribution in [0.4, 0.5) is 0 Å². The third-order valence-corrected chi connectivity index (χ3v) is 13.8. The molecule has 7 atom stereocenters. The summed E-state index contributed by atoms with van der Waals surface area (Å²) in [5, 5.41) is 66.6. The summed E-state index contributed by atoms with van der Waals surface area (Å²) in [4.78, 5) is 0. The highest BCUT2D eigenvalue weighted by Crippen LogP contribution is 2.61. The highest BCUT2D eigenvalue weighted by molar-refractivity contribution is 8.76. The van der Waals surface area contributed by atoms with E-state index in [1.807, 2.05) is 22.9 Å². The van der Waals surface area contributed by atoms with Crippen LogP contribution >= 0.6 is 21.6 Å². The Balaban J connectivity index is 1.48. The van der Waals surface area contributed by atoms with Gasteiger partial charge in [-0.25, -0.2) is 0 Å². The summed E-state index contributed by atoms with van der Waals surface area (Å²) in [6.07, 6.45) is 4.20. The molecular weight excluding hydrogens is 669 g/mol. The first kappa shape index (κ1) is 34.3. The lowest BCUT2D eigenvalue weighted by atomic mass is 9.65. The quantitative estimate of drug-likeness (QED) is 0.151. The minimum atomic E-state index is -1.15. The molecule has 49 heavy (non-hydrogen) atoms. The number of rotatable bonds is 7. The van der Waals surface area contributed by atoms with Gasteiger partial charge in [0.05, 0.1) is 27.4 Å². The van der Waals surface area contributed by atoms with Crippen molar-refractivity contribution in [1.29, 1.82) is 0 Å². The summed E-state index contributed by atoms with van der Waals surface area (Å²) in [5.74, 6) is 0.279. The molecule has 0 saturated heterocycles. The number of aliphatic hydroxyl groups excluding tert-OH is 3. The Hall–Kier alpha value is -3.16. The molecule has 0 aromatic heterocycles. The van der Waals surface area contributed by atoms with Gasteiger partial charge >= 0.3 is 0 Å². The summed E-state index contributed by atoms with van der Waals surface area (Å²) in [6, 6.07) is 8.59. The highest BCUT2D eigenvalue weighted by atomic mass is 33.1. The maximum atomic E-state index is 12.4. The number of hydrogen-bond donors (Lipinski definition) is 6. The van der Waals surface area contributed by atoms with Gasteiger partial charge in [0.15, 0.2) is 17.6 Å². The first-order valence-corrected chi connectivity index (χ1v) is 19.4. The maximum Gasteiger partial charge on any atom is 0.207 e. The summed E-state index contributed by atoms with van der Waals surface area (Å²) in [6.45, 7) is -0.371. The molecule has 0 radical (unpaired) electrons. The van der Waals surface area contributed by atoms with E-state index in [1.54, 1.807) is 22.9 Å². The van der Waals surface area contributed by atoms with E-state index >= 15 is 0 Å². The molecule has 3 aromatic rings. The number of phenolic OH excluding ortho intramolecular Hbond substituents is 3. The molecular formula is C37H44O10S2. The van der Waals surface area contributed by atoms with Crippen LogP contribution in [0.25, 0.3) is 11.1 Å². The van der Waals surface area contributed by atoms with Crippen molar-refractivity contribution < 1.29 is 49.6 Å². The van der Waals surface area contributed by atoms with Crippen molar-refractivity contribution in [2.45, 2.75) is 73.7 Å². The number of benzene rings is 3. The molecule has 0 unspecified atom stereocenters. The van der Waals surface area contributed by atoms with Gasteiger partial charge in [-0.2, -0.15) is 0 Å². The lowest BCUT2D eigenvalue weighted by Gasteiger charge is -2.43. The largest absolute Gasteiger partial charge is 0.508 e. The molecule has 3 aromatic carbocycles. The molecule has 4 aliphatic rings. The number of ether oxygens (including phenoxy) is 4. The fraction of sp³-hybridized carbons (Fsp3) is 0.514. The maximum absolute atomic E-state index is 12.4. The number of hydrogen-bond acceptors (Lipinski definition) is 12. The SMILES string of the molecule is COc1cc([C@@H]2Oc3cc(OCCO)c4c5c3[C@H](CSS[C@@H]3CCC[C@H](CC[C@H](c6cc(O)ccc6-4)[C@H]5CO)C3)[C@H]2O)c(O)c(OC)c1O. The Kier molecular flexibility index (Phi) is 9.96. The van der Waals surface area contributed by atoms with Crippen LogP contribution in [0.5, 0.6) is 40.2 Å². The normalized spacial score (nSPS) is 27.4. The number of methoxy groups -OCH3 is 2. The van der Waals surface area contributed by atoms with Crippen molar-refractivity contribution in [1.82, 2.24) is 0 Å². The van der Waals surface area contributed by atoms with E-state index in [4.69, 9.17) is 18.9 Å². The Labute approximate surface area is 293 Å². The fourth-order valence-corrected chi connectivity index (χ4v) is 11.8. The van der Waals surface area contributed by atoms with Gasteiger partial charge in [0, 0.05) is 45.6 Å². The van der Waals surface area contributed by atoms with Gasteiger partial charge in [0.2, 0.25) is 11.5 Å². The molecule has 264 valence electrons. The second-order valence-electron chi connectivity index (χ2n) is 13.5. The summed E-state index contributed by atoms with van der Waals surface area (Å²) < 4.78 is 23.6. The van der Waals surface area contributed by atoms with Gasteiger partial charge in [-0.05, 0) is 72.4 Å². The molecule has 4 bridgehead atoms. The van der Waals surface area contributed by atoms with Crippen molar-refractivity contribution in [2.75, 3.05) is 39.8 Å². The molecule has 1 fully saturated rings. The summed E-state index contributed by atoms with van der Waals surface area (Å²) in [7, 11) is 6.32. The van der Waals surface area contributed by atoms with Crippen molar-refractivity contribution in [2.24, 2.45) is 5.92 Å². The lowest BCUT2D eigenvalue weighted by Crippen LogP contribution is -2.38. The molecule has 1 saturated carbocycles. The zero-order valence-electron chi connectivity index (χ0n) is 27.6. The first-order valence-electron chi connectivity index (χ1n) is 17.0. The molecule has 7 rings (SSSR count). The Bertz CT molecular complexity index is 1700. The van der Waals surface area contributed by atoms with Crippen molar-refractivity contribution in [3.8, 4) is 51.4 Å². The number of fused-ring (bicyclic) bond motifs is 6. The van der Waals surface area contributed by atoms with E-state index < -0.39 is 18.1 Å². The highest BCUT2D eigenvalue weighted by Gasteiger charge is 2.47. The van der Waals surface area contributed by atoms with E-state index in [0.29, 0.717) is 28.4 Å². The van der Waals surface area contributed by atoms with Crippen LogP contribution in [0, 0.1) is 5.92 Å². The molecule has 10 nitrogen and oxygen atoms in total. The van der Waals surface area contributed by atoms with Crippen molar-refractivity contribution in [3.05, 3.63) is 52.6 Å². The van der Waals surface area contributed by atoms with Gasteiger partial charge < -0.3 is 49.6 Å². The van der Waals surface area contributed by atoms with Crippen molar-refractivity contribution in [3.63, 3.8) is 0 Å². The zero-order valence-corrected chi connectivity index (χ0v) is 29.3. The molecule has 2 aliphatic carbocycles. The Morgan fingerprint density at radius 1 is 0.878 bits per heavy atom. The van der Waals surface area contributed by atoms with E-state index in [1.165, 1.54) is 33.1 Å². The zero-order chi connectivity index (χ0) is 34.4. The number of phenols is 3. The number of aliphatic hydroxyl groups is 3. The minimum absolute atomic E-state index is 0.0179. The van der Waals surface area contributed by atoms with E-state index in [2.05, 4.69) is 0 Å². The topological polar surface area (TPSA) is 158 Å². The van der Waals surface area contributed by atoms with Gasteiger partial charge in [-0.15, -0.1) is 0 Å². The molecule has 2 aliphatic heterocycles. The first-order chi connectivity index (χ1) is 23.8. The number of aromatic hydroxyl groups is 3. The predicted octanol–water partition coefficient (Wildman–Crippen LogP) is 6.34. The summed E-state index contributed by atoms with van der Waals surface area (Å²) in [5.41, 5.74) is 4.41. The van der Waals surface area contributed by atoms with Crippen LogP contribution in [-0.4, -0.2) is 81.8 Å². The van der Waals surface area contributed by atoms with E-state index in [0.717, 1.165) is 53.5 Å². The summed E-state index contributed by atoms with van der Waals surface area (Å²) >= 11 is 0. The predicted molar refractivity (Wildman–Crippen MR) is 189 cm³/mol. The average Bonchev–Trinajstić information content (AvgIpc) is 3.10. The minimum Gasteiger partial charge on any atom is -0.508 e. The van der Waals surface area contributed by atoms with E-state index in [-0.39, 0.29) is 66.0 Å². The fourth-order valence-electron chi connectivity index (χ4n) is 8.59. The van der Waals surface area contributed by atoms with Crippen LogP contribution in [0.1, 0.15) is 84.6 Å². The molecule has 6 N–H and O–H groups in total. The standard InChI is InChI=1S/C37H44O10S2/c1-44-29-14-24(33(41)37(45-2)35(29)43)36-34(42)26-17-48-49-20-5-3-4-18(12-20)6-8-21-23-13-19(40)7-9-22(23)30-27(46-11-10-38)15-28(47-36)31(26)32(30)25(21)16-39/h7,9,13-15,18,20-21,25-26,34,36,38-43H,3-6,8,10-12,16-17H2,1-2H3/t18-,20-,21-,25-,26+,34-,36+/m1/s1. The Morgan fingerprint density at radius 3 is 2.47 bits per heavy atom. The van der Waals surface area contributed by atoms with Gasteiger partial charge in [0.25, 0.3) is 0 Å². The monoisotopic (exact) mass is 712 g/mol. The smallest absolute Gasteiger partial charge is 0.207 e. The second kappa shape index (κ2) is 14.2. The third-order valence-electron chi connectivity index (χ3n) is 10.8. The molecule has 0 spiro atoms. The Morgan fingerprint density at radius 2 is 1.71 bits per heavy atom.